The molecule has 1 N–H and O–H groups in total. The fourth-order valence-electron chi connectivity index (χ4n) is 3.79. The topological polar surface area (TPSA) is 20.2 Å². The highest BCUT2D eigenvalue weighted by Gasteiger charge is 2.15. The van der Waals surface area contributed by atoms with Crippen LogP contribution in [0, 0.1) is 6.92 Å². The summed E-state index contributed by atoms with van der Waals surface area (Å²) in [4.78, 5) is 2.18. The number of aryl methyl sites for hydroxylation is 1. The normalized spacial score (nSPS) is 10.9. The van der Waals surface area contributed by atoms with Gasteiger partial charge in [0.2, 0.25) is 0 Å². The van der Waals surface area contributed by atoms with E-state index in [1.807, 2.05) is 55.5 Å². The molecule has 0 amide bonds. The van der Waals surface area contributed by atoms with Crippen LogP contribution in [0.3, 0.4) is 0 Å². The second-order valence-corrected chi connectivity index (χ2v) is 10.0. The molecular formula is C28H26Cl3N3S. The van der Waals surface area contributed by atoms with Gasteiger partial charge in [-0.15, -0.1) is 0 Å². The first-order valence-electron chi connectivity index (χ1n) is 11.3. The van der Waals surface area contributed by atoms with Gasteiger partial charge in [-0.3, -0.25) is 0 Å². The minimum Gasteiger partial charge on any atom is -0.345 e. The molecule has 0 unspecified atom stereocenters. The zero-order valence-electron chi connectivity index (χ0n) is 19.3. The number of nitrogens with zero attached hydrogens (tertiary/aromatic N) is 2. The van der Waals surface area contributed by atoms with Crippen LogP contribution in [0.1, 0.15) is 22.4 Å². The average molecular weight is 543 g/mol. The van der Waals surface area contributed by atoms with Gasteiger partial charge in [0.25, 0.3) is 0 Å². The molecule has 0 fully saturated rings. The number of thiocarbonyl (C=S) groups is 1. The van der Waals surface area contributed by atoms with Gasteiger partial charge in [0.15, 0.2) is 5.11 Å². The molecule has 3 aromatic carbocycles. The molecule has 35 heavy (non-hydrogen) atoms. The summed E-state index contributed by atoms with van der Waals surface area (Å²) in [6.45, 7) is 4.07. The number of nitrogens with one attached hydrogen (secondary N) is 1. The van der Waals surface area contributed by atoms with Crippen molar-refractivity contribution in [2.45, 2.75) is 26.4 Å². The van der Waals surface area contributed by atoms with E-state index in [0.29, 0.717) is 23.2 Å². The van der Waals surface area contributed by atoms with E-state index in [1.54, 1.807) is 0 Å². The Morgan fingerprint density at radius 2 is 1.69 bits per heavy atom. The number of hydrogen-bond donors (Lipinski definition) is 1. The van der Waals surface area contributed by atoms with Gasteiger partial charge in [-0.05, 0) is 84.7 Å². The lowest BCUT2D eigenvalue weighted by molar-refractivity contribution is 0.409. The first-order chi connectivity index (χ1) is 16.9. The maximum Gasteiger partial charge on any atom is 0.173 e. The molecule has 7 heteroatoms. The zero-order chi connectivity index (χ0) is 24.8. The van der Waals surface area contributed by atoms with Crippen molar-refractivity contribution >= 4 is 57.8 Å². The van der Waals surface area contributed by atoms with Gasteiger partial charge >= 0.3 is 0 Å². The van der Waals surface area contributed by atoms with E-state index in [2.05, 4.69) is 51.3 Å². The fraction of sp³-hybridized carbons (Fsp3) is 0.179. The van der Waals surface area contributed by atoms with Crippen molar-refractivity contribution in [3.8, 4) is 0 Å². The van der Waals surface area contributed by atoms with Crippen molar-refractivity contribution < 1.29 is 0 Å². The van der Waals surface area contributed by atoms with Crippen LogP contribution >= 0.6 is 47.0 Å². The molecule has 4 rings (SSSR count). The number of benzene rings is 3. The summed E-state index contributed by atoms with van der Waals surface area (Å²) in [7, 11) is 0. The van der Waals surface area contributed by atoms with E-state index in [0.717, 1.165) is 45.5 Å². The molecule has 0 radical (unpaired) electrons. The average Bonchev–Trinajstić information content (AvgIpc) is 3.28. The van der Waals surface area contributed by atoms with E-state index in [9.17, 15) is 0 Å². The van der Waals surface area contributed by atoms with Gasteiger partial charge in [-0.2, -0.15) is 0 Å². The number of rotatable bonds is 8. The largest absolute Gasteiger partial charge is 0.345 e. The molecule has 0 saturated heterocycles. The standard InChI is InChI=1S/C28H26Cl3N3S/c1-20-8-13-24(17-27(20)31)32-28(35)34(16-14-21-9-11-23(29)12-10-21)19-25-6-4-15-33(25)18-22-5-2-3-7-26(22)30/h2-13,15,17H,14,16,18-19H2,1H3,(H,32,35). The van der Waals surface area contributed by atoms with Crippen molar-refractivity contribution in [3.63, 3.8) is 0 Å². The highest BCUT2D eigenvalue weighted by atomic mass is 35.5. The minimum atomic E-state index is 0.643. The molecule has 0 atom stereocenters. The lowest BCUT2D eigenvalue weighted by Gasteiger charge is -2.27. The van der Waals surface area contributed by atoms with Crippen LogP contribution in [-0.4, -0.2) is 21.1 Å². The summed E-state index contributed by atoms with van der Waals surface area (Å²) in [5.74, 6) is 0. The maximum absolute atomic E-state index is 6.42. The van der Waals surface area contributed by atoms with Crippen LogP contribution in [0.5, 0.6) is 0 Å². The Labute approximate surface area is 227 Å². The molecule has 0 aliphatic rings. The predicted octanol–water partition coefficient (Wildman–Crippen LogP) is 8.25. The van der Waals surface area contributed by atoms with E-state index in [1.165, 1.54) is 5.56 Å². The van der Waals surface area contributed by atoms with Crippen LogP contribution in [0.15, 0.2) is 85.1 Å². The molecule has 0 saturated carbocycles. The smallest absolute Gasteiger partial charge is 0.173 e. The number of halogens is 3. The third-order valence-corrected chi connectivity index (χ3v) is 7.26. The van der Waals surface area contributed by atoms with Crippen LogP contribution in [0.2, 0.25) is 15.1 Å². The van der Waals surface area contributed by atoms with Gasteiger partial charge in [-0.25, -0.2) is 0 Å². The molecule has 0 spiro atoms. The lowest BCUT2D eigenvalue weighted by atomic mass is 10.1. The predicted molar refractivity (Wildman–Crippen MR) is 153 cm³/mol. The molecule has 1 aromatic heterocycles. The summed E-state index contributed by atoms with van der Waals surface area (Å²) in [5, 5.41) is 6.21. The molecule has 3 nitrogen and oxygen atoms in total. The summed E-state index contributed by atoms with van der Waals surface area (Å²) in [5.41, 5.74) is 5.32. The summed E-state index contributed by atoms with van der Waals surface area (Å²) in [6.07, 6.45) is 2.91. The number of hydrogen-bond acceptors (Lipinski definition) is 1. The van der Waals surface area contributed by atoms with Crippen molar-refractivity contribution in [2.24, 2.45) is 0 Å². The highest BCUT2D eigenvalue weighted by Crippen LogP contribution is 2.22. The Kier molecular flexibility index (Phi) is 8.74. The Morgan fingerprint density at radius 1 is 0.914 bits per heavy atom. The third kappa shape index (κ3) is 7.02. The molecular weight excluding hydrogens is 517 g/mol. The molecule has 4 aromatic rings. The van der Waals surface area contributed by atoms with Crippen LogP contribution < -0.4 is 5.32 Å². The van der Waals surface area contributed by atoms with Gasteiger partial charge < -0.3 is 14.8 Å². The Morgan fingerprint density at radius 3 is 2.43 bits per heavy atom. The molecule has 0 bridgehead atoms. The SMILES string of the molecule is Cc1ccc(NC(=S)N(CCc2ccc(Cl)cc2)Cc2cccn2Cc2ccccc2Cl)cc1Cl. The van der Waals surface area contributed by atoms with Gasteiger partial charge in [-0.1, -0.05) is 71.2 Å². The van der Waals surface area contributed by atoms with Gasteiger partial charge in [0.05, 0.1) is 6.54 Å². The number of anilines is 1. The molecule has 1 heterocycles. The van der Waals surface area contributed by atoms with E-state index in [4.69, 9.17) is 47.0 Å². The quantitative estimate of drug-likeness (QED) is 0.226. The highest BCUT2D eigenvalue weighted by molar-refractivity contribution is 7.80. The monoisotopic (exact) mass is 541 g/mol. The second-order valence-electron chi connectivity index (χ2n) is 8.41. The molecule has 0 aliphatic carbocycles. The lowest BCUT2D eigenvalue weighted by Crippen LogP contribution is -2.36. The zero-order valence-corrected chi connectivity index (χ0v) is 22.4. The molecule has 180 valence electrons. The fourth-order valence-corrected chi connectivity index (χ4v) is 4.57. The minimum absolute atomic E-state index is 0.643. The van der Waals surface area contributed by atoms with E-state index >= 15 is 0 Å². The Balaban J connectivity index is 1.53. The summed E-state index contributed by atoms with van der Waals surface area (Å²) >= 11 is 24.7. The van der Waals surface area contributed by atoms with Gasteiger partial charge in [0.1, 0.15) is 0 Å². The van der Waals surface area contributed by atoms with Gasteiger partial charge in [0, 0.05) is 45.7 Å². The molecule has 0 aliphatic heterocycles. The maximum atomic E-state index is 6.42. The summed E-state index contributed by atoms with van der Waals surface area (Å²) < 4.78 is 2.21. The van der Waals surface area contributed by atoms with Crippen LogP contribution in [0.25, 0.3) is 0 Å². The van der Waals surface area contributed by atoms with E-state index < -0.39 is 0 Å². The van der Waals surface area contributed by atoms with E-state index in [-0.39, 0.29) is 0 Å². The van der Waals surface area contributed by atoms with Crippen LogP contribution in [-0.2, 0) is 19.5 Å². The first kappa shape index (κ1) is 25.6. The van der Waals surface area contributed by atoms with Crippen molar-refractivity contribution in [1.82, 2.24) is 9.47 Å². The second kappa shape index (κ2) is 12.0. The summed E-state index contributed by atoms with van der Waals surface area (Å²) in [6, 6.07) is 25.9. The first-order valence-corrected chi connectivity index (χ1v) is 12.9. The van der Waals surface area contributed by atoms with Crippen LogP contribution in [0.4, 0.5) is 5.69 Å². The Hall–Kier alpha value is -2.50. The number of aromatic nitrogens is 1. The van der Waals surface area contributed by atoms with Crippen molar-refractivity contribution in [1.29, 1.82) is 0 Å². The third-order valence-electron chi connectivity index (χ3n) is 5.87. The Bertz CT molecular complexity index is 1300. The van der Waals surface area contributed by atoms with Crippen molar-refractivity contribution in [2.75, 3.05) is 11.9 Å². The van der Waals surface area contributed by atoms with Crippen molar-refractivity contribution in [3.05, 3.63) is 123 Å².